The van der Waals surface area contributed by atoms with Crippen LogP contribution >= 0.6 is 0 Å². The number of allylic oxidation sites excluding steroid dienone is 2. The Hall–Kier alpha value is -0.990. The van der Waals surface area contributed by atoms with Crippen molar-refractivity contribution in [3.05, 3.63) is 12.2 Å². The van der Waals surface area contributed by atoms with E-state index in [1.165, 1.54) is 7.11 Å². The molecule has 0 saturated carbocycles. The Morgan fingerprint density at radius 2 is 2.00 bits per heavy atom. The quantitative estimate of drug-likeness (QED) is 0.608. The summed E-state index contributed by atoms with van der Waals surface area (Å²) in [7, 11) is 1.39. The molecule has 0 aromatic heterocycles. The molecular formula is C9H15NO2. The van der Waals surface area contributed by atoms with Crippen LogP contribution < -0.4 is 5.32 Å². The molecule has 0 heterocycles. The number of carbonyl (C=O) groups excluding carboxylic acids is 1. The Balaban J connectivity index is 2.27. The molecule has 0 saturated heterocycles. The molecule has 1 aliphatic carbocycles. The van der Waals surface area contributed by atoms with Gasteiger partial charge in [-0.1, -0.05) is 12.2 Å². The first kappa shape index (κ1) is 9.10. The van der Waals surface area contributed by atoms with Crippen molar-refractivity contribution in [1.82, 2.24) is 5.32 Å². The molecular weight excluding hydrogens is 154 g/mol. The number of methoxy groups -OCH3 is 1. The minimum Gasteiger partial charge on any atom is -0.453 e. The predicted octanol–water partition coefficient (Wildman–Crippen LogP) is 1.84. The van der Waals surface area contributed by atoms with Crippen molar-refractivity contribution in [1.29, 1.82) is 0 Å². The van der Waals surface area contributed by atoms with Gasteiger partial charge < -0.3 is 10.1 Å². The Labute approximate surface area is 72.8 Å². The fraction of sp³-hybridized carbons (Fsp3) is 0.667. The van der Waals surface area contributed by atoms with Gasteiger partial charge in [0.25, 0.3) is 0 Å². The fourth-order valence-electron chi connectivity index (χ4n) is 1.34. The van der Waals surface area contributed by atoms with Gasteiger partial charge in [0.2, 0.25) is 0 Å². The standard InChI is InChI=1S/C9H15NO2/c1-12-9(11)10-8-6-4-2-3-5-7-8/h2-3,8H,4-7H2,1H3,(H,10,11). The number of ether oxygens (including phenoxy) is 1. The second kappa shape index (κ2) is 4.80. The zero-order chi connectivity index (χ0) is 8.81. The van der Waals surface area contributed by atoms with E-state index in [4.69, 9.17) is 0 Å². The number of rotatable bonds is 1. The van der Waals surface area contributed by atoms with Crippen molar-refractivity contribution in [2.24, 2.45) is 0 Å². The Bertz CT molecular complexity index is 167. The van der Waals surface area contributed by atoms with E-state index in [1.54, 1.807) is 0 Å². The molecule has 1 amide bonds. The summed E-state index contributed by atoms with van der Waals surface area (Å²) in [5.41, 5.74) is 0. The van der Waals surface area contributed by atoms with Crippen molar-refractivity contribution < 1.29 is 9.53 Å². The fourth-order valence-corrected chi connectivity index (χ4v) is 1.34. The van der Waals surface area contributed by atoms with E-state index in [0.29, 0.717) is 0 Å². The number of nitrogens with one attached hydrogen (secondary N) is 1. The molecule has 3 nitrogen and oxygen atoms in total. The summed E-state index contributed by atoms with van der Waals surface area (Å²) in [6.45, 7) is 0. The van der Waals surface area contributed by atoms with Gasteiger partial charge in [-0.25, -0.2) is 4.79 Å². The lowest BCUT2D eigenvalue weighted by molar-refractivity contribution is 0.165. The molecule has 0 aromatic carbocycles. The van der Waals surface area contributed by atoms with Crippen LogP contribution in [0.2, 0.25) is 0 Å². The molecule has 0 bridgehead atoms. The van der Waals surface area contributed by atoms with Gasteiger partial charge in [-0.2, -0.15) is 0 Å². The van der Waals surface area contributed by atoms with Crippen molar-refractivity contribution in [3.63, 3.8) is 0 Å². The summed E-state index contributed by atoms with van der Waals surface area (Å²) < 4.78 is 4.52. The largest absolute Gasteiger partial charge is 0.453 e. The van der Waals surface area contributed by atoms with Crippen LogP contribution in [0, 0.1) is 0 Å². The predicted molar refractivity (Wildman–Crippen MR) is 46.9 cm³/mol. The third-order valence-corrected chi connectivity index (χ3v) is 2.04. The Morgan fingerprint density at radius 3 is 2.50 bits per heavy atom. The van der Waals surface area contributed by atoms with Gasteiger partial charge in [0, 0.05) is 6.04 Å². The van der Waals surface area contributed by atoms with E-state index in [0.717, 1.165) is 25.7 Å². The Kier molecular flexibility index (Phi) is 3.64. The van der Waals surface area contributed by atoms with E-state index in [1.807, 2.05) is 0 Å². The highest BCUT2D eigenvalue weighted by atomic mass is 16.5. The molecule has 0 radical (unpaired) electrons. The minimum absolute atomic E-state index is 0.285. The van der Waals surface area contributed by atoms with E-state index >= 15 is 0 Å². The molecule has 12 heavy (non-hydrogen) atoms. The van der Waals surface area contributed by atoms with Gasteiger partial charge in [-0.3, -0.25) is 0 Å². The summed E-state index contributed by atoms with van der Waals surface area (Å²) in [6.07, 6.45) is 8.15. The lowest BCUT2D eigenvalue weighted by atomic mass is 10.1. The second-order valence-corrected chi connectivity index (χ2v) is 2.96. The van der Waals surface area contributed by atoms with Crippen LogP contribution in [0.3, 0.4) is 0 Å². The van der Waals surface area contributed by atoms with E-state index in [-0.39, 0.29) is 12.1 Å². The normalized spacial score (nSPS) is 18.4. The highest BCUT2D eigenvalue weighted by molar-refractivity contribution is 5.67. The van der Waals surface area contributed by atoms with Crippen LogP contribution in [0.5, 0.6) is 0 Å². The van der Waals surface area contributed by atoms with Crippen molar-refractivity contribution in [3.8, 4) is 0 Å². The zero-order valence-electron chi connectivity index (χ0n) is 7.38. The monoisotopic (exact) mass is 169 g/mol. The average Bonchev–Trinajstić information content (AvgIpc) is 2.33. The molecule has 0 spiro atoms. The number of hydrogen-bond acceptors (Lipinski definition) is 2. The van der Waals surface area contributed by atoms with Crippen LogP contribution in [0.1, 0.15) is 25.7 Å². The molecule has 68 valence electrons. The smallest absolute Gasteiger partial charge is 0.407 e. The van der Waals surface area contributed by atoms with E-state index in [9.17, 15) is 4.79 Å². The molecule has 0 unspecified atom stereocenters. The first-order valence-corrected chi connectivity index (χ1v) is 4.32. The lowest BCUT2D eigenvalue weighted by Crippen LogP contribution is -2.34. The highest BCUT2D eigenvalue weighted by Gasteiger charge is 2.11. The summed E-state index contributed by atoms with van der Waals surface area (Å²) in [6, 6.07) is 0.285. The van der Waals surface area contributed by atoms with Gasteiger partial charge in [0.15, 0.2) is 0 Å². The van der Waals surface area contributed by atoms with E-state index < -0.39 is 0 Å². The summed E-state index contributed by atoms with van der Waals surface area (Å²) in [5, 5.41) is 2.81. The van der Waals surface area contributed by atoms with Gasteiger partial charge in [0.1, 0.15) is 0 Å². The van der Waals surface area contributed by atoms with Crippen LogP contribution in [0.15, 0.2) is 12.2 Å². The van der Waals surface area contributed by atoms with Crippen LogP contribution in [0.25, 0.3) is 0 Å². The first-order chi connectivity index (χ1) is 5.83. The maximum atomic E-state index is 10.8. The minimum atomic E-state index is -0.318. The van der Waals surface area contributed by atoms with Crippen molar-refractivity contribution >= 4 is 6.09 Å². The van der Waals surface area contributed by atoms with Crippen molar-refractivity contribution in [2.45, 2.75) is 31.7 Å². The zero-order valence-corrected chi connectivity index (χ0v) is 7.38. The molecule has 1 aliphatic rings. The SMILES string of the molecule is COC(=O)NC1CCC=CCC1. The van der Waals surface area contributed by atoms with Gasteiger partial charge in [-0.05, 0) is 25.7 Å². The van der Waals surface area contributed by atoms with Gasteiger partial charge in [-0.15, -0.1) is 0 Å². The topological polar surface area (TPSA) is 38.3 Å². The number of amides is 1. The van der Waals surface area contributed by atoms with Crippen LogP contribution in [-0.4, -0.2) is 19.2 Å². The molecule has 0 aliphatic heterocycles. The number of alkyl carbamates (subject to hydrolysis) is 1. The molecule has 3 heteroatoms. The average molecular weight is 169 g/mol. The maximum Gasteiger partial charge on any atom is 0.407 e. The van der Waals surface area contributed by atoms with Crippen LogP contribution in [0.4, 0.5) is 4.79 Å². The molecule has 0 atom stereocenters. The van der Waals surface area contributed by atoms with Gasteiger partial charge in [0.05, 0.1) is 7.11 Å². The number of hydrogen-bond donors (Lipinski definition) is 1. The third-order valence-electron chi connectivity index (χ3n) is 2.04. The number of carbonyl (C=O) groups is 1. The second-order valence-electron chi connectivity index (χ2n) is 2.96. The Morgan fingerprint density at radius 1 is 1.42 bits per heavy atom. The van der Waals surface area contributed by atoms with Crippen molar-refractivity contribution in [2.75, 3.05) is 7.11 Å². The van der Waals surface area contributed by atoms with E-state index in [2.05, 4.69) is 22.2 Å². The maximum absolute atomic E-state index is 10.8. The highest BCUT2D eigenvalue weighted by Crippen LogP contribution is 2.11. The molecule has 1 rings (SSSR count). The molecule has 0 fully saturated rings. The third kappa shape index (κ3) is 2.95. The summed E-state index contributed by atoms with van der Waals surface area (Å²) in [4.78, 5) is 10.8. The summed E-state index contributed by atoms with van der Waals surface area (Å²) in [5.74, 6) is 0. The first-order valence-electron chi connectivity index (χ1n) is 4.32. The molecule has 0 aromatic rings. The summed E-state index contributed by atoms with van der Waals surface area (Å²) >= 11 is 0. The van der Waals surface area contributed by atoms with Crippen LogP contribution in [-0.2, 0) is 4.74 Å². The lowest BCUT2D eigenvalue weighted by Gasteiger charge is -2.14. The van der Waals surface area contributed by atoms with Gasteiger partial charge >= 0.3 is 6.09 Å². The molecule has 1 N–H and O–H groups in total.